The molecule has 43 heavy (non-hydrogen) atoms. The average molecular weight is 629 g/mol. The monoisotopic (exact) mass is 628 g/mol. The first-order valence-corrected chi connectivity index (χ1v) is 15.4. The Morgan fingerprint density at radius 1 is 1.12 bits per heavy atom. The first-order valence-electron chi connectivity index (χ1n) is 13.2. The molecule has 1 aliphatic heterocycles. The number of anilines is 1. The lowest BCUT2D eigenvalue weighted by Crippen LogP contribution is -2.58. The van der Waals surface area contributed by atoms with Gasteiger partial charge in [-0.25, -0.2) is 36.5 Å². The maximum Gasteiger partial charge on any atom is 0.355 e. The van der Waals surface area contributed by atoms with Gasteiger partial charge in [0.25, 0.3) is 0 Å². The molecule has 4 aromatic rings. The molecule has 4 heterocycles. The van der Waals surface area contributed by atoms with Crippen molar-refractivity contribution >= 4 is 44.2 Å². The summed E-state index contributed by atoms with van der Waals surface area (Å²) in [7, 11) is -3.98. The number of sulfone groups is 1. The minimum atomic E-state index is -3.98. The van der Waals surface area contributed by atoms with Crippen LogP contribution in [0.4, 0.5) is 14.6 Å². The van der Waals surface area contributed by atoms with Crippen LogP contribution in [0.25, 0.3) is 28.0 Å². The number of hydrogen-bond donors (Lipinski definition) is 0. The summed E-state index contributed by atoms with van der Waals surface area (Å²) in [5.74, 6) is -1.98. The fraction of sp³-hybridized carbons (Fsp3) is 0.276. The van der Waals surface area contributed by atoms with Crippen molar-refractivity contribution in [3.8, 4) is 16.9 Å². The number of fused-ring (bicyclic) bond motifs is 1. The minimum Gasteiger partial charge on any atom is -0.347 e. The summed E-state index contributed by atoms with van der Waals surface area (Å²) in [5.41, 5.74) is -1.68. The Hall–Kier alpha value is -4.23. The van der Waals surface area contributed by atoms with Crippen LogP contribution in [0.1, 0.15) is 19.4 Å². The van der Waals surface area contributed by atoms with Crippen LogP contribution in [0, 0.1) is 18.6 Å². The summed E-state index contributed by atoms with van der Waals surface area (Å²) < 4.78 is 57.4. The largest absolute Gasteiger partial charge is 0.355 e. The maximum atomic E-state index is 15.9. The summed E-state index contributed by atoms with van der Waals surface area (Å²) in [6.07, 6.45) is 3.45. The van der Waals surface area contributed by atoms with Crippen molar-refractivity contribution in [1.82, 2.24) is 24.4 Å². The molecule has 0 N–H and O–H groups in total. The van der Waals surface area contributed by atoms with Crippen molar-refractivity contribution in [3.63, 3.8) is 0 Å². The van der Waals surface area contributed by atoms with Crippen molar-refractivity contribution in [2.24, 2.45) is 0 Å². The second-order valence-electron chi connectivity index (χ2n) is 10.4. The van der Waals surface area contributed by atoms with Crippen LogP contribution in [0.2, 0.25) is 5.02 Å². The number of carbonyl (C=O) groups is 1. The third-order valence-corrected chi connectivity index (χ3v) is 8.63. The predicted octanol–water partition coefficient (Wildman–Crippen LogP) is 4.10. The summed E-state index contributed by atoms with van der Waals surface area (Å²) in [6.45, 7) is 9.30. The molecule has 5 rings (SSSR count). The molecular formula is C29H27ClF2N6O4S. The molecule has 0 unspecified atom stereocenters. The molecule has 1 saturated heterocycles. The first kappa shape index (κ1) is 30.2. The number of nitrogens with zero attached hydrogens (tertiary/aromatic N) is 6. The zero-order chi connectivity index (χ0) is 31.4. The van der Waals surface area contributed by atoms with Crippen molar-refractivity contribution in [3.05, 3.63) is 81.9 Å². The molecule has 1 fully saturated rings. The van der Waals surface area contributed by atoms with Crippen LogP contribution < -0.4 is 10.6 Å². The lowest BCUT2D eigenvalue weighted by atomic mass is 10.1. The number of rotatable bonds is 5. The zero-order valence-electron chi connectivity index (χ0n) is 23.7. The summed E-state index contributed by atoms with van der Waals surface area (Å²) >= 11 is 6.26. The zero-order valence-corrected chi connectivity index (χ0v) is 25.2. The lowest BCUT2D eigenvalue weighted by molar-refractivity contribution is -0.127. The van der Waals surface area contributed by atoms with E-state index in [1.807, 2.05) is 13.8 Å². The second-order valence-corrected chi connectivity index (χ2v) is 12.8. The van der Waals surface area contributed by atoms with E-state index in [-0.39, 0.29) is 64.2 Å². The number of aromatic nitrogens is 4. The second kappa shape index (κ2) is 11.1. The summed E-state index contributed by atoms with van der Waals surface area (Å²) in [5, 5.41) is -0.480. The van der Waals surface area contributed by atoms with Crippen molar-refractivity contribution in [2.75, 3.05) is 24.2 Å². The van der Waals surface area contributed by atoms with Gasteiger partial charge in [0.2, 0.25) is 5.91 Å². The third-order valence-electron chi connectivity index (χ3n) is 7.32. The van der Waals surface area contributed by atoms with Crippen LogP contribution in [-0.2, 0) is 14.6 Å². The molecule has 1 aliphatic rings. The number of amides is 1. The van der Waals surface area contributed by atoms with Gasteiger partial charge >= 0.3 is 5.69 Å². The SMILES string of the molecule is C=CC(=O)N1C[C@H](C)N(c2nc(=O)n(-c3c(C)ccnc3S(C)(=O)=O)c3nc(-c4c(F)cccc4Cl)c(F)cc23)[C@@H](C)C1. The van der Waals surface area contributed by atoms with E-state index in [1.165, 1.54) is 30.5 Å². The van der Waals surface area contributed by atoms with Crippen LogP contribution >= 0.6 is 11.6 Å². The Bertz CT molecular complexity index is 1950. The van der Waals surface area contributed by atoms with Gasteiger partial charge in [0.05, 0.1) is 21.7 Å². The van der Waals surface area contributed by atoms with E-state index in [0.717, 1.165) is 23.0 Å². The van der Waals surface area contributed by atoms with Gasteiger partial charge in [-0.3, -0.25) is 4.79 Å². The van der Waals surface area contributed by atoms with E-state index in [1.54, 1.807) is 16.7 Å². The number of carbonyl (C=O) groups excluding carboxylic acids is 1. The highest BCUT2D eigenvalue weighted by atomic mass is 35.5. The highest BCUT2D eigenvalue weighted by Gasteiger charge is 2.35. The molecule has 0 spiro atoms. The molecule has 0 saturated carbocycles. The number of pyridine rings is 2. The number of benzene rings is 1. The molecule has 224 valence electrons. The smallest absolute Gasteiger partial charge is 0.347 e. The molecule has 1 amide bonds. The Morgan fingerprint density at radius 2 is 1.79 bits per heavy atom. The van der Waals surface area contributed by atoms with Crippen LogP contribution in [0.3, 0.4) is 0 Å². The Balaban J connectivity index is 1.89. The number of piperazine rings is 1. The molecule has 10 nitrogen and oxygen atoms in total. The van der Waals surface area contributed by atoms with Gasteiger partial charge in [-0.05, 0) is 56.7 Å². The summed E-state index contributed by atoms with van der Waals surface area (Å²) in [4.78, 5) is 42.4. The van der Waals surface area contributed by atoms with Crippen LogP contribution in [-0.4, -0.2) is 70.2 Å². The van der Waals surface area contributed by atoms with Gasteiger partial charge in [-0.2, -0.15) is 4.98 Å². The standard InChI is InChI=1S/C29H27ClF2N6O4S/c1-6-22(39)36-13-16(3)37(17(4)14-36)27-18-12-21(32)24(23-19(30)8-7-9-20(23)31)34-26(18)38(29(40)35-27)25-15(2)10-11-33-28(25)43(5,41)42/h6-12,16-17H,1,13-14H2,2-5H3/t16-,17-/m0/s1. The van der Waals surface area contributed by atoms with E-state index >= 15 is 4.39 Å². The molecular weight excluding hydrogens is 602 g/mol. The van der Waals surface area contributed by atoms with E-state index in [4.69, 9.17) is 11.6 Å². The predicted molar refractivity (Wildman–Crippen MR) is 159 cm³/mol. The number of halogens is 3. The topological polar surface area (TPSA) is 118 Å². The quantitative estimate of drug-likeness (QED) is 0.303. The lowest BCUT2D eigenvalue weighted by Gasteiger charge is -2.45. The first-order chi connectivity index (χ1) is 20.2. The molecule has 0 radical (unpaired) electrons. The maximum absolute atomic E-state index is 15.9. The van der Waals surface area contributed by atoms with Gasteiger partial charge in [-0.1, -0.05) is 24.2 Å². The van der Waals surface area contributed by atoms with E-state index < -0.39 is 37.9 Å². The fourth-order valence-electron chi connectivity index (χ4n) is 5.52. The van der Waals surface area contributed by atoms with Gasteiger partial charge < -0.3 is 9.80 Å². The summed E-state index contributed by atoms with van der Waals surface area (Å²) in [6, 6.07) is 5.65. The number of aryl methyl sites for hydroxylation is 1. The van der Waals surface area contributed by atoms with E-state index in [2.05, 4.69) is 21.5 Å². The molecule has 1 aromatic carbocycles. The van der Waals surface area contributed by atoms with Gasteiger partial charge in [0.15, 0.2) is 26.3 Å². The third kappa shape index (κ3) is 5.27. The Morgan fingerprint density at radius 3 is 2.40 bits per heavy atom. The van der Waals surface area contributed by atoms with Gasteiger partial charge in [0.1, 0.15) is 17.3 Å². The van der Waals surface area contributed by atoms with Crippen molar-refractivity contribution < 1.29 is 22.0 Å². The molecule has 14 heteroatoms. The van der Waals surface area contributed by atoms with Crippen LogP contribution in [0.15, 0.2) is 59.0 Å². The van der Waals surface area contributed by atoms with Gasteiger partial charge in [0, 0.05) is 37.6 Å². The van der Waals surface area contributed by atoms with Crippen molar-refractivity contribution in [1.29, 1.82) is 0 Å². The minimum absolute atomic E-state index is 0.0539. The molecule has 2 atom stereocenters. The molecule has 0 bridgehead atoms. The van der Waals surface area contributed by atoms with Crippen molar-refractivity contribution in [2.45, 2.75) is 37.9 Å². The van der Waals surface area contributed by atoms with E-state index in [0.29, 0.717) is 5.56 Å². The molecule has 3 aromatic heterocycles. The van der Waals surface area contributed by atoms with Crippen LogP contribution in [0.5, 0.6) is 0 Å². The average Bonchev–Trinajstić information content (AvgIpc) is 2.92. The fourth-order valence-corrected chi connectivity index (χ4v) is 6.63. The van der Waals surface area contributed by atoms with E-state index in [9.17, 15) is 22.4 Å². The van der Waals surface area contributed by atoms with Gasteiger partial charge in [-0.15, -0.1) is 0 Å². The highest BCUT2D eigenvalue weighted by Crippen LogP contribution is 2.36. The Labute approximate surface area is 251 Å². The number of hydrogen-bond acceptors (Lipinski definition) is 8. The normalized spacial score (nSPS) is 17.4. The highest BCUT2D eigenvalue weighted by molar-refractivity contribution is 7.90. The molecule has 0 aliphatic carbocycles. The Kier molecular flexibility index (Phi) is 7.82.